The van der Waals surface area contributed by atoms with Gasteiger partial charge in [-0.1, -0.05) is 18.2 Å². The number of nitrogens with one attached hydrogen (secondary N) is 1. The molecule has 1 aromatic carbocycles. The lowest BCUT2D eigenvalue weighted by molar-refractivity contribution is -0.135. The van der Waals surface area contributed by atoms with Gasteiger partial charge in [0, 0.05) is 35.6 Å². The fraction of sp³-hybridized carbons (Fsp3) is 0.190. The van der Waals surface area contributed by atoms with Crippen molar-refractivity contribution >= 4 is 5.97 Å². The van der Waals surface area contributed by atoms with E-state index < -0.39 is 0 Å². The second-order valence-corrected chi connectivity index (χ2v) is 6.51. The molecule has 0 saturated carbocycles. The molecule has 1 aliphatic rings. The highest BCUT2D eigenvalue weighted by atomic mass is 16.5. The number of hydrogen-bond acceptors (Lipinski definition) is 5. The van der Waals surface area contributed by atoms with E-state index in [0.29, 0.717) is 29.4 Å². The van der Waals surface area contributed by atoms with Crippen molar-refractivity contribution in [1.29, 1.82) is 0 Å². The van der Waals surface area contributed by atoms with Crippen LogP contribution in [0.25, 0.3) is 0 Å². The highest BCUT2D eigenvalue weighted by Gasteiger charge is 2.31. The summed E-state index contributed by atoms with van der Waals surface area (Å²) in [6, 6.07) is 12.9. The van der Waals surface area contributed by atoms with Crippen molar-refractivity contribution in [1.82, 2.24) is 9.97 Å². The van der Waals surface area contributed by atoms with Crippen LogP contribution < -0.4 is 15.0 Å². The highest BCUT2D eigenvalue weighted by molar-refractivity contribution is 5.77. The zero-order valence-electron chi connectivity index (χ0n) is 14.8. The molecule has 2 aromatic heterocycles. The summed E-state index contributed by atoms with van der Waals surface area (Å²) in [6.07, 6.45) is 3.58. The Morgan fingerprint density at radius 1 is 1.22 bits per heavy atom. The van der Waals surface area contributed by atoms with E-state index in [2.05, 4.69) is 9.97 Å². The number of carbonyl (C=O) groups is 1. The Morgan fingerprint density at radius 3 is 2.93 bits per heavy atom. The first-order valence-electron chi connectivity index (χ1n) is 8.66. The van der Waals surface area contributed by atoms with Crippen LogP contribution in [0.2, 0.25) is 0 Å². The Bertz CT molecular complexity index is 1040. The van der Waals surface area contributed by atoms with Crippen LogP contribution in [0.5, 0.6) is 11.5 Å². The number of pyridine rings is 2. The van der Waals surface area contributed by atoms with Crippen molar-refractivity contribution in [2.24, 2.45) is 0 Å². The van der Waals surface area contributed by atoms with Crippen LogP contribution in [0, 0.1) is 6.92 Å². The smallest absolute Gasteiger partial charge is 0.312 e. The van der Waals surface area contributed by atoms with Gasteiger partial charge >= 0.3 is 5.97 Å². The molecule has 0 bridgehead atoms. The topological polar surface area (TPSA) is 81.3 Å². The van der Waals surface area contributed by atoms with Crippen molar-refractivity contribution in [3.8, 4) is 11.5 Å². The molecule has 1 aliphatic heterocycles. The first-order valence-corrected chi connectivity index (χ1v) is 8.66. The van der Waals surface area contributed by atoms with Gasteiger partial charge in [0.25, 0.3) is 5.56 Å². The molecule has 27 heavy (non-hydrogen) atoms. The average Bonchev–Trinajstić information content (AvgIpc) is 2.66. The molecule has 0 amide bonds. The summed E-state index contributed by atoms with van der Waals surface area (Å²) in [6.45, 7) is 2.15. The minimum Gasteiger partial charge on any atom is -0.489 e. The van der Waals surface area contributed by atoms with Gasteiger partial charge in [-0.3, -0.25) is 14.6 Å². The molecular weight excluding hydrogens is 344 g/mol. The molecule has 1 unspecified atom stereocenters. The van der Waals surface area contributed by atoms with E-state index in [1.807, 2.05) is 36.4 Å². The van der Waals surface area contributed by atoms with Gasteiger partial charge in [0.1, 0.15) is 18.1 Å². The molecule has 136 valence electrons. The number of aryl methyl sites for hydroxylation is 1. The van der Waals surface area contributed by atoms with E-state index in [1.54, 1.807) is 25.4 Å². The molecule has 0 aliphatic carbocycles. The molecule has 1 atom stereocenters. The summed E-state index contributed by atoms with van der Waals surface area (Å²) in [4.78, 5) is 31.4. The molecule has 1 N–H and O–H groups in total. The predicted octanol–water partition coefficient (Wildman–Crippen LogP) is 3.10. The molecule has 0 saturated heterocycles. The van der Waals surface area contributed by atoms with Crippen LogP contribution in [-0.4, -0.2) is 15.9 Å². The largest absolute Gasteiger partial charge is 0.489 e. The van der Waals surface area contributed by atoms with Gasteiger partial charge in [-0.2, -0.15) is 0 Å². The van der Waals surface area contributed by atoms with Crippen LogP contribution in [0.3, 0.4) is 0 Å². The summed E-state index contributed by atoms with van der Waals surface area (Å²) in [5.41, 5.74) is 2.70. The maximum atomic E-state index is 12.5. The number of rotatable bonds is 4. The molecule has 0 radical (unpaired) electrons. The van der Waals surface area contributed by atoms with Gasteiger partial charge in [0.05, 0.1) is 12.0 Å². The second kappa shape index (κ2) is 7.07. The SMILES string of the molecule is Cc1cc2c(c(=O)[nH]1)C(c1cccc(OCc3cccnc3)c1)CC(=O)O2. The van der Waals surface area contributed by atoms with Crippen LogP contribution in [-0.2, 0) is 11.4 Å². The van der Waals surface area contributed by atoms with E-state index in [9.17, 15) is 9.59 Å². The van der Waals surface area contributed by atoms with Gasteiger partial charge < -0.3 is 14.5 Å². The van der Waals surface area contributed by atoms with Crippen LogP contribution in [0.4, 0.5) is 0 Å². The Morgan fingerprint density at radius 2 is 2.11 bits per heavy atom. The molecule has 6 nitrogen and oxygen atoms in total. The van der Waals surface area contributed by atoms with Gasteiger partial charge in [0.2, 0.25) is 0 Å². The van der Waals surface area contributed by atoms with E-state index in [1.165, 1.54) is 0 Å². The molecule has 0 fully saturated rings. The number of fused-ring (bicyclic) bond motifs is 1. The summed E-state index contributed by atoms with van der Waals surface area (Å²) >= 11 is 0. The number of H-pyrrole nitrogens is 1. The van der Waals surface area contributed by atoms with Crippen LogP contribution >= 0.6 is 0 Å². The average molecular weight is 362 g/mol. The maximum absolute atomic E-state index is 12.5. The van der Waals surface area contributed by atoms with Crippen molar-refractivity contribution in [3.63, 3.8) is 0 Å². The number of ether oxygens (including phenoxy) is 2. The monoisotopic (exact) mass is 362 g/mol. The Kier molecular flexibility index (Phi) is 4.46. The number of carbonyl (C=O) groups excluding carboxylic acids is 1. The van der Waals surface area contributed by atoms with E-state index >= 15 is 0 Å². The van der Waals surface area contributed by atoms with E-state index in [4.69, 9.17) is 9.47 Å². The number of benzene rings is 1. The fourth-order valence-corrected chi connectivity index (χ4v) is 3.27. The van der Waals surface area contributed by atoms with Crippen molar-refractivity contribution in [3.05, 3.63) is 87.6 Å². The molecule has 4 rings (SSSR count). The van der Waals surface area contributed by atoms with Crippen molar-refractivity contribution in [2.45, 2.75) is 25.9 Å². The maximum Gasteiger partial charge on any atom is 0.312 e. The first-order chi connectivity index (χ1) is 13.1. The number of aromatic nitrogens is 2. The third-order valence-electron chi connectivity index (χ3n) is 4.50. The fourth-order valence-electron chi connectivity index (χ4n) is 3.27. The minimum atomic E-state index is -0.368. The van der Waals surface area contributed by atoms with E-state index in [-0.39, 0.29) is 23.9 Å². The molecular formula is C21H18N2O4. The van der Waals surface area contributed by atoms with Gasteiger partial charge in [-0.05, 0) is 30.7 Å². The zero-order valence-corrected chi connectivity index (χ0v) is 14.8. The second-order valence-electron chi connectivity index (χ2n) is 6.51. The normalized spacial score (nSPS) is 15.7. The third kappa shape index (κ3) is 3.60. The number of aromatic amines is 1. The summed E-state index contributed by atoms with van der Waals surface area (Å²) in [5.74, 6) is 0.284. The lowest BCUT2D eigenvalue weighted by Gasteiger charge is -2.24. The minimum absolute atomic E-state index is 0.116. The number of nitrogens with zero attached hydrogens (tertiary/aromatic N) is 1. The Balaban J connectivity index is 1.64. The molecule has 0 spiro atoms. The Labute approximate surface area is 155 Å². The summed E-state index contributed by atoms with van der Waals surface area (Å²) < 4.78 is 11.1. The third-order valence-corrected chi connectivity index (χ3v) is 4.50. The zero-order chi connectivity index (χ0) is 18.8. The molecule has 3 heterocycles. The van der Waals surface area contributed by atoms with Crippen LogP contribution in [0.15, 0.2) is 59.7 Å². The molecule has 3 aromatic rings. The van der Waals surface area contributed by atoms with Crippen molar-refractivity contribution in [2.75, 3.05) is 0 Å². The predicted molar refractivity (Wildman–Crippen MR) is 98.9 cm³/mol. The summed E-state index contributed by atoms with van der Waals surface area (Å²) in [7, 11) is 0. The quantitative estimate of drug-likeness (QED) is 0.721. The Hall–Kier alpha value is -3.41. The van der Waals surface area contributed by atoms with Gasteiger partial charge in [-0.25, -0.2) is 0 Å². The lowest BCUT2D eigenvalue weighted by atomic mass is 9.87. The van der Waals surface area contributed by atoms with Gasteiger partial charge in [0.15, 0.2) is 0 Å². The standard InChI is InChI=1S/C21H18N2O4/c1-13-8-18-20(21(25)23-13)17(10-19(24)27-18)15-5-2-6-16(9-15)26-12-14-4-3-7-22-11-14/h2-9,11,17H,10,12H2,1H3,(H,23,25). The number of hydrogen-bond donors (Lipinski definition) is 1. The highest BCUT2D eigenvalue weighted by Crippen LogP contribution is 2.37. The number of esters is 1. The summed E-state index contributed by atoms with van der Waals surface area (Å²) in [5, 5.41) is 0. The molecule has 6 heteroatoms. The van der Waals surface area contributed by atoms with Crippen LogP contribution in [0.1, 0.15) is 34.7 Å². The van der Waals surface area contributed by atoms with E-state index in [0.717, 1.165) is 11.1 Å². The van der Waals surface area contributed by atoms with Crippen molar-refractivity contribution < 1.29 is 14.3 Å². The first kappa shape index (κ1) is 17.0. The lowest BCUT2D eigenvalue weighted by Crippen LogP contribution is -2.28. The van der Waals surface area contributed by atoms with Gasteiger partial charge in [-0.15, -0.1) is 0 Å².